The lowest BCUT2D eigenvalue weighted by Gasteiger charge is -2.33. The summed E-state index contributed by atoms with van der Waals surface area (Å²) < 4.78 is 30.9. The smallest absolute Gasteiger partial charge is 0.414 e. The molecule has 2 aromatic rings. The van der Waals surface area contributed by atoms with Gasteiger partial charge in [-0.1, -0.05) is 13.8 Å². The minimum Gasteiger partial charge on any atom is -0.488 e. The van der Waals surface area contributed by atoms with Crippen LogP contribution in [0.1, 0.15) is 48.0 Å². The van der Waals surface area contributed by atoms with Crippen molar-refractivity contribution in [3.05, 3.63) is 36.3 Å². The predicted octanol–water partition coefficient (Wildman–Crippen LogP) is 4.71. The summed E-state index contributed by atoms with van der Waals surface area (Å²) in [6.45, 7) is 11.3. The fourth-order valence-electron chi connectivity index (χ4n) is 3.30. The number of hydrogen-bond acceptors (Lipinski definition) is 7. The largest absolute Gasteiger partial charge is 0.488 e. The number of benzene rings is 1. The quantitative estimate of drug-likeness (QED) is 0.567. The van der Waals surface area contributed by atoms with Crippen LogP contribution >= 0.6 is 0 Å². The number of aromatic nitrogens is 2. The van der Waals surface area contributed by atoms with Gasteiger partial charge in [-0.2, -0.15) is 4.98 Å². The predicted molar refractivity (Wildman–Crippen MR) is 125 cm³/mol. The van der Waals surface area contributed by atoms with Crippen molar-refractivity contribution in [2.24, 2.45) is 5.92 Å². The Balaban J connectivity index is 2.15. The summed E-state index contributed by atoms with van der Waals surface area (Å²) in [5.74, 6) is -0.325. The van der Waals surface area contributed by atoms with Crippen molar-refractivity contribution in [3.63, 3.8) is 0 Å². The number of ether oxygens (including phenoxy) is 3. The molecule has 0 saturated carbocycles. The maximum absolute atomic E-state index is 14.8. The van der Waals surface area contributed by atoms with Gasteiger partial charge in [0.25, 0.3) is 0 Å². The molecule has 0 saturated heterocycles. The van der Waals surface area contributed by atoms with Crippen LogP contribution in [0.2, 0.25) is 0 Å². The van der Waals surface area contributed by atoms with Crippen LogP contribution in [0.15, 0.2) is 30.5 Å². The molecule has 2 amide bonds. The molecule has 1 atom stereocenters. The zero-order chi connectivity index (χ0) is 25.5. The van der Waals surface area contributed by atoms with Crippen molar-refractivity contribution in [1.82, 2.24) is 20.6 Å². The first-order chi connectivity index (χ1) is 15.8. The topological polar surface area (TPSA) is 112 Å². The molecular weight excluding hydrogens is 443 g/mol. The molecule has 1 aromatic carbocycles. The van der Waals surface area contributed by atoms with Gasteiger partial charge >= 0.3 is 18.2 Å². The SMILES string of the molecule is CNC(=O)Oc1nccc(-c2ccc(OC[C@](C)(CC(C)C)NC(=O)OC(C)(C)C)c(F)c2)n1. The van der Waals surface area contributed by atoms with Crippen molar-refractivity contribution in [3.8, 4) is 23.0 Å². The number of amides is 2. The highest BCUT2D eigenvalue weighted by atomic mass is 19.1. The fraction of sp³-hybridized carbons (Fsp3) is 0.500. The number of carbonyl (C=O) groups excluding carboxylic acids is 2. The van der Waals surface area contributed by atoms with Gasteiger partial charge in [0.05, 0.1) is 11.2 Å². The van der Waals surface area contributed by atoms with Crippen LogP contribution in [-0.4, -0.2) is 46.9 Å². The minimum atomic E-state index is -0.777. The Bertz CT molecular complexity index is 1010. The van der Waals surface area contributed by atoms with Gasteiger partial charge in [0.15, 0.2) is 11.6 Å². The van der Waals surface area contributed by atoms with Crippen molar-refractivity contribution in [2.45, 2.75) is 59.1 Å². The third kappa shape index (κ3) is 8.49. The van der Waals surface area contributed by atoms with E-state index in [4.69, 9.17) is 14.2 Å². The van der Waals surface area contributed by atoms with Crippen LogP contribution in [0, 0.1) is 11.7 Å². The third-order valence-corrected chi connectivity index (χ3v) is 4.46. The van der Waals surface area contributed by atoms with E-state index in [9.17, 15) is 14.0 Å². The lowest BCUT2D eigenvalue weighted by molar-refractivity contribution is 0.0406. The molecule has 0 aliphatic rings. The molecule has 0 radical (unpaired) electrons. The molecule has 186 valence electrons. The lowest BCUT2D eigenvalue weighted by Crippen LogP contribution is -2.52. The van der Waals surface area contributed by atoms with Crippen molar-refractivity contribution in [1.29, 1.82) is 0 Å². The van der Waals surface area contributed by atoms with E-state index >= 15 is 0 Å². The second-order valence-corrected chi connectivity index (χ2v) is 9.58. The summed E-state index contributed by atoms with van der Waals surface area (Å²) >= 11 is 0. The Labute approximate surface area is 199 Å². The van der Waals surface area contributed by atoms with E-state index in [-0.39, 0.29) is 24.3 Å². The number of nitrogens with zero attached hydrogens (tertiary/aromatic N) is 2. The average molecular weight is 477 g/mol. The molecule has 0 unspecified atom stereocenters. The summed E-state index contributed by atoms with van der Waals surface area (Å²) in [5, 5.41) is 5.16. The molecule has 2 N–H and O–H groups in total. The third-order valence-electron chi connectivity index (χ3n) is 4.46. The van der Waals surface area contributed by atoms with Gasteiger partial charge in [-0.25, -0.2) is 19.0 Å². The molecule has 10 heteroatoms. The zero-order valence-electron chi connectivity index (χ0n) is 20.7. The van der Waals surface area contributed by atoms with Crippen LogP contribution in [0.3, 0.4) is 0 Å². The Morgan fingerprint density at radius 2 is 1.82 bits per heavy atom. The summed E-state index contributed by atoms with van der Waals surface area (Å²) in [4.78, 5) is 31.7. The number of hydrogen-bond donors (Lipinski definition) is 2. The Kier molecular flexibility index (Phi) is 8.78. The average Bonchev–Trinajstić information content (AvgIpc) is 2.70. The van der Waals surface area contributed by atoms with Crippen LogP contribution in [-0.2, 0) is 4.74 Å². The monoisotopic (exact) mass is 476 g/mol. The van der Waals surface area contributed by atoms with Crippen molar-refractivity contribution >= 4 is 12.2 Å². The summed E-state index contributed by atoms with van der Waals surface area (Å²) in [7, 11) is 1.41. The normalized spacial score (nSPS) is 13.1. The van der Waals surface area contributed by atoms with Gasteiger partial charge in [0.1, 0.15) is 12.2 Å². The minimum absolute atomic E-state index is 0.0283. The van der Waals surface area contributed by atoms with E-state index in [0.717, 1.165) is 0 Å². The van der Waals surface area contributed by atoms with E-state index in [1.54, 1.807) is 32.9 Å². The van der Waals surface area contributed by atoms with E-state index in [0.29, 0.717) is 17.7 Å². The molecule has 34 heavy (non-hydrogen) atoms. The highest BCUT2D eigenvalue weighted by Crippen LogP contribution is 2.27. The summed E-state index contributed by atoms with van der Waals surface area (Å²) in [5.41, 5.74) is -0.598. The van der Waals surface area contributed by atoms with Gasteiger partial charge in [0, 0.05) is 18.8 Å². The van der Waals surface area contributed by atoms with Gasteiger partial charge in [-0.05, 0) is 64.3 Å². The first-order valence-corrected chi connectivity index (χ1v) is 11.0. The fourth-order valence-corrected chi connectivity index (χ4v) is 3.30. The number of halogens is 1. The number of carbonyl (C=O) groups is 2. The zero-order valence-corrected chi connectivity index (χ0v) is 20.7. The Morgan fingerprint density at radius 3 is 2.41 bits per heavy atom. The molecule has 0 aliphatic carbocycles. The molecule has 2 rings (SSSR count). The maximum Gasteiger partial charge on any atom is 0.414 e. The standard InChI is InChI=1S/C24H33FN4O5/c1-15(2)13-24(6,29-22(31)34-23(3,4)5)14-32-19-9-8-16(12-17(19)25)18-10-11-27-20(28-18)33-21(30)26-7/h8-12,15H,13-14H2,1-7H3,(H,26,30)(H,29,31)/t24-/m0/s1. The highest BCUT2D eigenvalue weighted by molar-refractivity contribution is 5.69. The molecular formula is C24H33FN4O5. The molecule has 0 bridgehead atoms. The van der Waals surface area contributed by atoms with Crippen molar-refractivity contribution in [2.75, 3.05) is 13.7 Å². The van der Waals surface area contributed by atoms with E-state index < -0.39 is 29.1 Å². The van der Waals surface area contributed by atoms with Crippen LogP contribution in [0.4, 0.5) is 14.0 Å². The number of alkyl carbamates (subject to hydrolysis) is 1. The van der Waals surface area contributed by atoms with E-state index in [1.807, 2.05) is 20.8 Å². The Hall–Kier alpha value is -3.43. The number of nitrogens with one attached hydrogen (secondary N) is 2. The van der Waals surface area contributed by atoms with Gasteiger partial charge in [0.2, 0.25) is 0 Å². The molecule has 9 nitrogen and oxygen atoms in total. The molecule has 0 spiro atoms. The maximum atomic E-state index is 14.8. The second-order valence-electron chi connectivity index (χ2n) is 9.58. The molecule has 1 heterocycles. The Morgan fingerprint density at radius 1 is 1.12 bits per heavy atom. The van der Waals surface area contributed by atoms with E-state index in [1.165, 1.54) is 25.4 Å². The van der Waals surface area contributed by atoms with Crippen LogP contribution in [0.25, 0.3) is 11.3 Å². The lowest BCUT2D eigenvalue weighted by atomic mass is 9.91. The van der Waals surface area contributed by atoms with E-state index in [2.05, 4.69) is 20.6 Å². The molecule has 1 aromatic heterocycles. The van der Waals surface area contributed by atoms with Gasteiger partial charge in [-0.3, -0.25) is 0 Å². The first-order valence-electron chi connectivity index (χ1n) is 11.0. The summed E-state index contributed by atoms with van der Waals surface area (Å²) in [6.07, 6.45) is 0.731. The first kappa shape index (κ1) is 26.8. The number of rotatable bonds is 8. The van der Waals surface area contributed by atoms with Gasteiger partial charge < -0.3 is 24.8 Å². The summed E-state index contributed by atoms with van der Waals surface area (Å²) in [6, 6.07) is 5.79. The molecule has 0 fully saturated rings. The molecule has 0 aliphatic heterocycles. The van der Waals surface area contributed by atoms with Crippen LogP contribution < -0.4 is 20.1 Å². The van der Waals surface area contributed by atoms with Gasteiger partial charge in [-0.15, -0.1) is 0 Å². The second kappa shape index (κ2) is 11.1. The van der Waals surface area contributed by atoms with Crippen LogP contribution in [0.5, 0.6) is 11.8 Å². The highest BCUT2D eigenvalue weighted by Gasteiger charge is 2.31. The van der Waals surface area contributed by atoms with Crippen molar-refractivity contribution < 1.29 is 28.2 Å².